The third-order valence-corrected chi connectivity index (χ3v) is 7.53. The second-order valence-corrected chi connectivity index (χ2v) is 11.3. The molecule has 4 rings (SSSR count). The number of hydrogen-bond acceptors (Lipinski definition) is 3. The average molecular weight is 755 g/mol. The van der Waals surface area contributed by atoms with Crippen LogP contribution >= 0.6 is 0 Å². The van der Waals surface area contributed by atoms with Crippen LogP contribution in [0.3, 0.4) is 0 Å². The lowest BCUT2D eigenvalue weighted by molar-refractivity contribution is -0.253. The summed E-state index contributed by atoms with van der Waals surface area (Å²) in [6.45, 7) is 1.20. The molecule has 0 saturated carbocycles. The molecule has 0 saturated heterocycles. The molecule has 4 aromatic carbocycles. The number of benzene rings is 4. The van der Waals surface area contributed by atoms with Gasteiger partial charge in [0, 0.05) is 31.5 Å². The molecule has 278 valence electrons. The molecule has 0 spiro atoms. The van der Waals surface area contributed by atoms with Crippen LogP contribution in [-0.2, 0) is 35.7 Å². The minimum absolute atomic E-state index is 0.0144. The number of halogens is 13. The van der Waals surface area contributed by atoms with Crippen molar-refractivity contribution in [3.8, 4) is 5.75 Å². The fraction of sp³-hybridized carbons (Fsp3) is 0.235. The van der Waals surface area contributed by atoms with Gasteiger partial charge in [-0.25, -0.2) is 13.2 Å². The van der Waals surface area contributed by atoms with Crippen LogP contribution in [0.1, 0.15) is 50.7 Å². The number of hydrogen-bond donors (Lipinski definition) is 2. The van der Waals surface area contributed by atoms with Gasteiger partial charge in [0.15, 0.2) is 0 Å². The monoisotopic (exact) mass is 754 g/mol. The van der Waals surface area contributed by atoms with E-state index < -0.39 is 99.7 Å². The van der Waals surface area contributed by atoms with Crippen LogP contribution in [0, 0.1) is 17.5 Å². The van der Waals surface area contributed by atoms with E-state index in [1.807, 2.05) is 0 Å². The van der Waals surface area contributed by atoms with Crippen molar-refractivity contribution in [2.45, 2.75) is 50.3 Å². The third-order valence-electron chi connectivity index (χ3n) is 7.53. The zero-order valence-electron chi connectivity index (χ0n) is 26.1. The molecule has 0 aliphatic heterocycles. The van der Waals surface area contributed by atoms with Crippen LogP contribution in [0.4, 0.5) is 57.1 Å². The van der Waals surface area contributed by atoms with Gasteiger partial charge in [0.25, 0.3) is 5.91 Å². The molecule has 18 heteroatoms. The summed E-state index contributed by atoms with van der Waals surface area (Å²) >= 11 is 0. The topological polar surface area (TPSA) is 67.4 Å². The van der Waals surface area contributed by atoms with Crippen molar-refractivity contribution in [2.24, 2.45) is 0 Å². The summed E-state index contributed by atoms with van der Waals surface area (Å²) in [5.41, 5.74) is -8.57. The van der Waals surface area contributed by atoms with Crippen molar-refractivity contribution in [1.29, 1.82) is 0 Å². The maximum Gasteiger partial charge on any atom is 0.461 e. The molecule has 0 unspecified atom stereocenters. The second-order valence-electron chi connectivity index (χ2n) is 11.3. The molecular weight excluding hydrogens is 731 g/mol. The number of rotatable bonds is 11. The fourth-order valence-electron chi connectivity index (χ4n) is 5.09. The Morgan fingerprint density at radius 1 is 0.692 bits per heavy atom. The highest BCUT2D eigenvalue weighted by Gasteiger charge is 2.46. The number of amides is 2. The van der Waals surface area contributed by atoms with E-state index in [1.165, 1.54) is 31.2 Å². The summed E-state index contributed by atoms with van der Waals surface area (Å²) in [7, 11) is 0. The predicted octanol–water partition coefficient (Wildman–Crippen LogP) is 8.93. The maximum absolute atomic E-state index is 15.1. The van der Waals surface area contributed by atoms with Gasteiger partial charge < -0.3 is 15.4 Å². The number of carbonyl (C=O) groups is 2. The molecule has 0 radical (unpaired) electrons. The third kappa shape index (κ3) is 9.13. The van der Waals surface area contributed by atoms with Crippen LogP contribution in [0.15, 0.2) is 78.9 Å². The maximum atomic E-state index is 15.1. The largest absolute Gasteiger partial charge is 0.461 e. The van der Waals surface area contributed by atoms with E-state index in [4.69, 9.17) is 0 Å². The second kappa shape index (κ2) is 14.7. The van der Waals surface area contributed by atoms with Crippen molar-refractivity contribution >= 4 is 11.8 Å². The van der Waals surface area contributed by atoms with E-state index in [1.54, 1.807) is 0 Å². The summed E-state index contributed by atoms with van der Waals surface area (Å²) in [6.07, 6.45) is -21.3. The molecule has 0 fully saturated rings. The van der Waals surface area contributed by atoms with E-state index in [0.717, 1.165) is 0 Å². The minimum Gasteiger partial charge on any atom is -0.428 e. The Labute approximate surface area is 285 Å². The summed E-state index contributed by atoms with van der Waals surface area (Å²) < 4.78 is 184. The minimum atomic E-state index is -5.42. The average Bonchev–Trinajstić information content (AvgIpc) is 3.02. The predicted molar refractivity (Wildman–Crippen MR) is 157 cm³/mol. The van der Waals surface area contributed by atoms with Gasteiger partial charge in [0.1, 0.15) is 23.2 Å². The summed E-state index contributed by atoms with van der Waals surface area (Å²) in [5.74, 6) is -8.50. The molecule has 0 aromatic heterocycles. The van der Waals surface area contributed by atoms with E-state index >= 15 is 4.39 Å². The van der Waals surface area contributed by atoms with Gasteiger partial charge in [-0.3, -0.25) is 9.59 Å². The van der Waals surface area contributed by atoms with Gasteiger partial charge >= 0.3 is 24.9 Å². The van der Waals surface area contributed by atoms with E-state index in [2.05, 4.69) is 15.4 Å². The molecule has 2 N–H and O–H groups in total. The number of nitrogens with one attached hydrogen (secondary N) is 2. The Hall–Kier alpha value is -5.29. The van der Waals surface area contributed by atoms with Crippen molar-refractivity contribution in [1.82, 2.24) is 10.6 Å². The Kier molecular flexibility index (Phi) is 11.2. The SMILES string of the molecule is CC(=O)NCc1ccc(C[C@](NC(=O)c2ccc(F)c(C(F)(F)F)c2)(c2cc(F)cc(OC(F)(F)C(F)F)c2)c2ccc(F)c(C(F)(F)F)c2)cc1. The van der Waals surface area contributed by atoms with Crippen molar-refractivity contribution in [2.75, 3.05) is 0 Å². The van der Waals surface area contributed by atoms with Gasteiger partial charge in [-0.05, 0) is 64.7 Å². The molecule has 0 aliphatic rings. The molecule has 2 amide bonds. The highest BCUT2D eigenvalue weighted by atomic mass is 19.4. The van der Waals surface area contributed by atoms with Gasteiger partial charge in [-0.2, -0.15) is 43.9 Å². The van der Waals surface area contributed by atoms with Gasteiger partial charge in [0.05, 0.1) is 16.7 Å². The molecule has 0 bridgehead atoms. The summed E-state index contributed by atoms with van der Waals surface area (Å²) in [4.78, 5) is 25.1. The molecule has 5 nitrogen and oxygen atoms in total. The molecule has 4 aromatic rings. The first-order valence-corrected chi connectivity index (χ1v) is 14.6. The first-order chi connectivity index (χ1) is 24.0. The van der Waals surface area contributed by atoms with Gasteiger partial charge in [-0.1, -0.05) is 30.3 Å². The van der Waals surface area contributed by atoms with E-state index in [0.29, 0.717) is 29.8 Å². The molecule has 52 heavy (non-hydrogen) atoms. The molecule has 1 atom stereocenters. The van der Waals surface area contributed by atoms with Gasteiger partial charge in [-0.15, -0.1) is 0 Å². The lowest BCUT2D eigenvalue weighted by Gasteiger charge is -2.37. The number of carbonyl (C=O) groups excluding carboxylic acids is 2. The summed E-state index contributed by atoms with van der Waals surface area (Å²) in [5, 5.41) is 4.68. The number of alkyl halides is 10. The zero-order valence-corrected chi connectivity index (χ0v) is 26.1. The fourth-order valence-corrected chi connectivity index (χ4v) is 5.09. The molecular formula is C34H23F13N2O3. The van der Waals surface area contributed by atoms with Gasteiger partial charge in [0.2, 0.25) is 5.91 Å². The summed E-state index contributed by atoms with van der Waals surface area (Å²) in [6, 6.07) is 8.50. The standard InChI is InChI=1S/C34H23F13N2O3/c1-17(50)48-16-19-4-2-18(3-5-19)15-31(21-7-9-28(37)26(13-21)33(43,44)45,22-11-23(35)14-24(12-22)52-34(46,47)30(38)39)49-29(51)20-6-8-27(36)25(10-20)32(40,41)42/h2-14,30H,15-16H2,1H3,(H,48,50)(H,49,51)/t31-/m1/s1. The van der Waals surface area contributed by atoms with Crippen molar-refractivity contribution < 1.29 is 71.4 Å². The van der Waals surface area contributed by atoms with E-state index in [-0.39, 0.29) is 42.4 Å². The van der Waals surface area contributed by atoms with Crippen LogP contribution in [0.2, 0.25) is 0 Å². The Morgan fingerprint density at radius 2 is 1.25 bits per heavy atom. The lowest BCUT2D eigenvalue weighted by atomic mass is 9.76. The molecule has 0 aliphatic carbocycles. The normalized spacial score (nSPS) is 13.4. The van der Waals surface area contributed by atoms with Crippen LogP contribution in [0.25, 0.3) is 0 Å². The quantitative estimate of drug-likeness (QED) is 0.150. The highest BCUT2D eigenvalue weighted by molar-refractivity contribution is 5.95. The Balaban J connectivity index is 2.04. The van der Waals surface area contributed by atoms with Crippen LogP contribution in [0.5, 0.6) is 5.75 Å². The van der Waals surface area contributed by atoms with Crippen LogP contribution in [-0.4, -0.2) is 24.3 Å². The Bertz CT molecular complexity index is 1940. The smallest absolute Gasteiger partial charge is 0.428 e. The molecule has 0 heterocycles. The highest BCUT2D eigenvalue weighted by Crippen LogP contribution is 2.41. The lowest BCUT2D eigenvalue weighted by Crippen LogP contribution is -2.49. The first-order valence-electron chi connectivity index (χ1n) is 14.6. The van der Waals surface area contributed by atoms with Crippen molar-refractivity contribution in [3.05, 3.63) is 135 Å². The van der Waals surface area contributed by atoms with E-state index in [9.17, 15) is 62.3 Å². The zero-order chi connectivity index (χ0) is 38.8. The van der Waals surface area contributed by atoms with Crippen molar-refractivity contribution in [3.63, 3.8) is 0 Å². The first kappa shape index (κ1) is 39.5. The van der Waals surface area contributed by atoms with Crippen LogP contribution < -0.4 is 15.4 Å². The Morgan fingerprint density at radius 3 is 1.81 bits per heavy atom. The number of ether oxygens (including phenoxy) is 1.